The molecule has 108 valence electrons. The van der Waals surface area contributed by atoms with E-state index in [1.165, 1.54) is 10.4 Å². The van der Waals surface area contributed by atoms with E-state index in [4.69, 9.17) is 17.3 Å². The van der Waals surface area contributed by atoms with Gasteiger partial charge < -0.3 is 5.73 Å². The fraction of sp³-hybridized carbons (Fsp3) is 0.538. The van der Waals surface area contributed by atoms with E-state index in [-0.39, 0.29) is 4.90 Å². The minimum atomic E-state index is -3.55. The lowest BCUT2D eigenvalue weighted by atomic mass is 10.1. The van der Waals surface area contributed by atoms with Gasteiger partial charge in [0.15, 0.2) is 0 Å². The van der Waals surface area contributed by atoms with Crippen LogP contribution >= 0.6 is 11.6 Å². The number of nitrogens with zero attached hydrogens (tertiary/aromatic N) is 1. The van der Waals surface area contributed by atoms with Gasteiger partial charge in [0.1, 0.15) is 0 Å². The molecule has 1 unspecified atom stereocenters. The van der Waals surface area contributed by atoms with Crippen molar-refractivity contribution >= 4 is 27.3 Å². The van der Waals surface area contributed by atoms with Crippen molar-refractivity contribution in [1.82, 2.24) is 4.31 Å². The van der Waals surface area contributed by atoms with Crippen molar-refractivity contribution < 1.29 is 8.42 Å². The number of anilines is 1. The molecule has 6 heteroatoms. The van der Waals surface area contributed by atoms with Crippen molar-refractivity contribution in [3.63, 3.8) is 0 Å². The van der Waals surface area contributed by atoms with Gasteiger partial charge in [0.2, 0.25) is 10.0 Å². The van der Waals surface area contributed by atoms with Crippen LogP contribution in [0.4, 0.5) is 5.69 Å². The van der Waals surface area contributed by atoms with Gasteiger partial charge in [-0.15, -0.1) is 0 Å². The van der Waals surface area contributed by atoms with Gasteiger partial charge in [-0.05, 0) is 30.5 Å². The van der Waals surface area contributed by atoms with Gasteiger partial charge in [-0.1, -0.05) is 31.9 Å². The summed E-state index contributed by atoms with van der Waals surface area (Å²) < 4.78 is 26.4. The molecular weight excluding hydrogens is 284 g/mol. The van der Waals surface area contributed by atoms with E-state index in [0.29, 0.717) is 28.7 Å². The number of sulfonamides is 1. The van der Waals surface area contributed by atoms with Crippen LogP contribution in [-0.2, 0) is 10.0 Å². The van der Waals surface area contributed by atoms with Crippen LogP contribution in [0.25, 0.3) is 0 Å². The maximum absolute atomic E-state index is 12.5. The third-order valence-electron chi connectivity index (χ3n) is 3.32. The van der Waals surface area contributed by atoms with Crippen LogP contribution in [0, 0.1) is 12.8 Å². The quantitative estimate of drug-likeness (QED) is 0.851. The zero-order valence-electron chi connectivity index (χ0n) is 11.8. The SMILES string of the molecule is CCC(C)CN(C)S(=O)(=O)c1cc(Cl)cc(N)c1C. The first-order valence-corrected chi connectivity index (χ1v) is 8.03. The first-order chi connectivity index (χ1) is 8.70. The molecule has 0 saturated heterocycles. The van der Waals surface area contributed by atoms with Gasteiger partial charge in [0.05, 0.1) is 4.90 Å². The Labute approximate surface area is 120 Å². The van der Waals surface area contributed by atoms with Crippen molar-refractivity contribution in [3.05, 3.63) is 22.7 Å². The molecule has 0 saturated carbocycles. The van der Waals surface area contributed by atoms with Crippen molar-refractivity contribution in [3.8, 4) is 0 Å². The summed E-state index contributed by atoms with van der Waals surface area (Å²) in [6.07, 6.45) is 0.927. The number of hydrogen-bond acceptors (Lipinski definition) is 3. The predicted octanol–water partition coefficient (Wildman–Crippen LogP) is 2.90. The van der Waals surface area contributed by atoms with Gasteiger partial charge in [0.25, 0.3) is 0 Å². The number of benzene rings is 1. The molecule has 0 radical (unpaired) electrons. The van der Waals surface area contributed by atoms with Crippen molar-refractivity contribution in [2.24, 2.45) is 5.92 Å². The highest BCUT2D eigenvalue weighted by Crippen LogP contribution is 2.28. The lowest BCUT2D eigenvalue weighted by molar-refractivity contribution is 0.393. The molecule has 4 nitrogen and oxygen atoms in total. The van der Waals surface area contributed by atoms with Crippen LogP contribution in [0.15, 0.2) is 17.0 Å². The summed E-state index contributed by atoms with van der Waals surface area (Å²) in [5.74, 6) is 0.302. The third-order valence-corrected chi connectivity index (χ3v) is 5.49. The van der Waals surface area contributed by atoms with Gasteiger partial charge in [0, 0.05) is 24.3 Å². The fourth-order valence-electron chi connectivity index (χ4n) is 1.78. The Morgan fingerprint density at radius 1 is 1.42 bits per heavy atom. The lowest BCUT2D eigenvalue weighted by Crippen LogP contribution is -2.31. The molecule has 1 aromatic carbocycles. The molecule has 1 rings (SSSR count). The molecule has 1 atom stereocenters. The average molecular weight is 305 g/mol. The molecular formula is C13H21ClN2O2S. The molecule has 2 N–H and O–H groups in total. The number of halogens is 1. The monoisotopic (exact) mass is 304 g/mol. The topological polar surface area (TPSA) is 63.4 Å². The molecule has 0 spiro atoms. The summed E-state index contributed by atoms with van der Waals surface area (Å²) >= 11 is 5.90. The Morgan fingerprint density at radius 2 is 2.00 bits per heavy atom. The number of hydrogen-bond donors (Lipinski definition) is 1. The summed E-state index contributed by atoms with van der Waals surface area (Å²) in [4.78, 5) is 0.184. The summed E-state index contributed by atoms with van der Waals surface area (Å²) in [5.41, 5.74) is 6.71. The average Bonchev–Trinajstić information content (AvgIpc) is 2.33. The fourth-order valence-corrected chi connectivity index (χ4v) is 3.63. The zero-order chi connectivity index (χ0) is 14.8. The maximum Gasteiger partial charge on any atom is 0.243 e. The third kappa shape index (κ3) is 3.61. The molecule has 0 aliphatic heterocycles. The summed E-state index contributed by atoms with van der Waals surface area (Å²) in [6, 6.07) is 3.01. The van der Waals surface area contributed by atoms with Crippen LogP contribution in [0.2, 0.25) is 5.02 Å². The molecule has 0 aliphatic rings. The van der Waals surface area contributed by atoms with Crippen molar-refractivity contribution in [2.45, 2.75) is 32.1 Å². The summed E-state index contributed by atoms with van der Waals surface area (Å²) in [6.45, 7) is 6.22. The number of rotatable bonds is 5. The minimum Gasteiger partial charge on any atom is -0.398 e. The Kier molecular flexibility index (Phi) is 5.24. The van der Waals surface area contributed by atoms with Crippen LogP contribution < -0.4 is 5.73 Å². The van der Waals surface area contributed by atoms with Gasteiger partial charge in [-0.25, -0.2) is 12.7 Å². The van der Waals surface area contributed by atoms with Gasteiger partial charge in [-0.2, -0.15) is 0 Å². The number of nitrogen functional groups attached to an aromatic ring is 1. The molecule has 1 aromatic rings. The van der Waals surface area contributed by atoms with Gasteiger partial charge >= 0.3 is 0 Å². The van der Waals surface area contributed by atoms with Crippen LogP contribution in [-0.4, -0.2) is 26.3 Å². The second-order valence-electron chi connectivity index (χ2n) is 4.92. The molecule has 0 aromatic heterocycles. The normalized spacial score (nSPS) is 13.8. The largest absolute Gasteiger partial charge is 0.398 e. The highest BCUT2D eigenvalue weighted by atomic mass is 35.5. The smallest absolute Gasteiger partial charge is 0.243 e. The van der Waals surface area contributed by atoms with Gasteiger partial charge in [-0.3, -0.25) is 0 Å². The first-order valence-electron chi connectivity index (χ1n) is 6.22. The zero-order valence-corrected chi connectivity index (χ0v) is 13.3. The Bertz CT molecular complexity index is 558. The highest BCUT2D eigenvalue weighted by molar-refractivity contribution is 7.89. The second kappa shape index (κ2) is 6.11. The molecule has 0 heterocycles. The molecule has 0 bridgehead atoms. The summed E-state index contributed by atoms with van der Waals surface area (Å²) in [5, 5.41) is 0.332. The standard InChI is InChI=1S/C13H21ClN2O2S/c1-5-9(2)8-16(4)19(17,18)13-7-11(14)6-12(15)10(13)3/h6-7,9H,5,8,15H2,1-4H3. The van der Waals surface area contributed by atoms with Crippen molar-refractivity contribution in [1.29, 1.82) is 0 Å². The van der Waals surface area contributed by atoms with E-state index >= 15 is 0 Å². The van der Waals surface area contributed by atoms with Crippen molar-refractivity contribution in [2.75, 3.05) is 19.3 Å². The van der Waals surface area contributed by atoms with E-state index < -0.39 is 10.0 Å². The Morgan fingerprint density at radius 3 is 2.53 bits per heavy atom. The van der Waals surface area contributed by atoms with E-state index in [9.17, 15) is 8.42 Å². The van der Waals surface area contributed by atoms with E-state index in [1.54, 1.807) is 20.0 Å². The van der Waals surface area contributed by atoms with E-state index in [2.05, 4.69) is 0 Å². The highest BCUT2D eigenvalue weighted by Gasteiger charge is 2.25. The van der Waals surface area contributed by atoms with Crippen LogP contribution in [0.1, 0.15) is 25.8 Å². The van der Waals surface area contributed by atoms with E-state index in [0.717, 1.165) is 6.42 Å². The van der Waals surface area contributed by atoms with Crippen LogP contribution in [0.5, 0.6) is 0 Å². The molecule has 0 amide bonds. The van der Waals surface area contributed by atoms with E-state index in [1.807, 2.05) is 13.8 Å². The molecule has 0 fully saturated rings. The number of nitrogens with two attached hydrogens (primary N) is 1. The Hall–Kier alpha value is -0.780. The first kappa shape index (κ1) is 16.3. The molecule has 0 aliphatic carbocycles. The Balaban J connectivity index is 3.20. The second-order valence-corrected chi connectivity index (χ2v) is 7.37. The van der Waals surface area contributed by atoms with Crippen LogP contribution in [0.3, 0.4) is 0 Å². The maximum atomic E-state index is 12.5. The summed E-state index contributed by atoms with van der Waals surface area (Å²) in [7, 11) is -1.97. The predicted molar refractivity (Wildman–Crippen MR) is 79.9 cm³/mol. The molecule has 19 heavy (non-hydrogen) atoms. The lowest BCUT2D eigenvalue weighted by Gasteiger charge is -2.22. The minimum absolute atomic E-state index is 0.184.